The molecule has 178 valence electrons. The zero-order valence-electron chi connectivity index (χ0n) is 19.0. The molecule has 5 rings (SSSR count). The van der Waals surface area contributed by atoms with Crippen LogP contribution in [0.1, 0.15) is 16.8 Å². The third kappa shape index (κ3) is 4.96. The number of hydrogen-bond acceptors (Lipinski definition) is 3. The van der Waals surface area contributed by atoms with Gasteiger partial charge >= 0.3 is 6.09 Å². The first-order valence-corrected chi connectivity index (χ1v) is 11.2. The first-order valence-electron chi connectivity index (χ1n) is 11.2. The minimum Gasteiger partial charge on any atom is -0.489 e. The fourth-order valence-electron chi connectivity index (χ4n) is 4.12. The van der Waals surface area contributed by atoms with Gasteiger partial charge in [-0.3, -0.25) is 0 Å². The summed E-state index contributed by atoms with van der Waals surface area (Å²) in [5.41, 5.74) is 3.60. The first kappa shape index (κ1) is 22.5. The zero-order chi connectivity index (χ0) is 24.4. The Hall–Kier alpha value is -4.33. The second-order valence-electron chi connectivity index (χ2n) is 8.26. The van der Waals surface area contributed by atoms with E-state index < -0.39 is 17.7 Å². The van der Waals surface area contributed by atoms with Gasteiger partial charge in [0, 0.05) is 40.7 Å². The lowest BCUT2D eigenvalue weighted by atomic mass is 10.1. The van der Waals surface area contributed by atoms with Crippen LogP contribution < -0.4 is 14.8 Å². The van der Waals surface area contributed by atoms with E-state index in [4.69, 9.17) is 9.47 Å². The van der Waals surface area contributed by atoms with Crippen molar-refractivity contribution < 1.29 is 23.0 Å². The van der Waals surface area contributed by atoms with Gasteiger partial charge < -0.3 is 24.8 Å². The highest BCUT2D eigenvalue weighted by Gasteiger charge is 2.14. The number of aromatic nitrogens is 2. The highest BCUT2D eigenvalue weighted by Crippen LogP contribution is 2.27. The Morgan fingerprint density at radius 2 is 1.83 bits per heavy atom. The molecule has 0 bridgehead atoms. The van der Waals surface area contributed by atoms with E-state index in [0.717, 1.165) is 33.8 Å². The van der Waals surface area contributed by atoms with Crippen molar-refractivity contribution in [3.05, 3.63) is 95.2 Å². The maximum atomic E-state index is 14.0. The van der Waals surface area contributed by atoms with E-state index in [1.807, 2.05) is 48.5 Å². The summed E-state index contributed by atoms with van der Waals surface area (Å²) in [5.74, 6) is -0.285. The van der Waals surface area contributed by atoms with Crippen molar-refractivity contribution in [2.24, 2.45) is 0 Å². The molecule has 0 saturated heterocycles. The van der Waals surface area contributed by atoms with Gasteiger partial charge in [0.05, 0.1) is 5.52 Å². The number of rotatable bonds is 7. The lowest BCUT2D eigenvalue weighted by Gasteiger charge is -2.06. The van der Waals surface area contributed by atoms with Crippen molar-refractivity contribution >= 4 is 27.9 Å². The number of fused-ring (bicyclic) bond motifs is 2. The van der Waals surface area contributed by atoms with Crippen LogP contribution in [-0.2, 0) is 13.0 Å². The van der Waals surface area contributed by atoms with Crippen LogP contribution in [0.5, 0.6) is 11.6 Å². The van der Waals surface area contributed by atoms with Crippen molar-refractivity contribution in [1.29, 1.82) is 0 Å². The molecule has 35 heavy (non-hydrogen) atoms. The SMILES string of the molecule is Cc1[nH]c2c(F)cc(F)cc2c1CCNC(=O)Oc1cc2cc(OCc3ccccc3)ccc2[nH]1. The highest BCUT2D eigenvalue weighted by molar-refractivity contribution is 5.86. The van der Waals surface area contributed by atoms with Gasteiger partial charge in [-0.05, 0) is 48.7 Å². The van der Waals surface area contributed by atoms with Crippen molar-refractivity contribution in [1.82, 2.24) is 15.3 Å². The smallest absolute Gasteiger partial charge is 0.413 e. The Bertz CT molecular complexity index is 1510. The van der Waals surface area contributed by atoms with E-state index in [1.165, 1.54) is 6.07 Å². The van der Waals surface area contributed by atoms with Crippen LogP contribution in [0.25, 0.3) is 21.8 Å². The molecular weight excluding hydrogens is 452 g/mol. The second-order valence-corrected chi connectivity index (χ2v) is 8.26. The number of amides is 1. The van der Waals surface area contributed by atoms with E-state index >= 15 is 0 Å². The van der Waals surface area contributed by atoms with Gasteiger partial charge in [-0.25, -0.2) is 13.6 Å². The Morgan fingerprint density at radius 1 is 1.00 bits per heavy atom. The molecule has 6 nitrogen and oxygen atoms in total. The van der Waals surface area contributed by atoms with Crippen molar-refractivity contribution in [3.63, 3.8) is 0 Å². The van der Waals surface area contributed by atoms with Gasteiger partial charge in [-0.1, -0.05) is 30.3 Å². The normalized spacial score (nSPS) is 11.2. The molecule has 0 saturated carbocycles. The zero-order valence-corrected chi connectivity index (χ0v) is 19.0. The second kappa shape index (κ2) is 9.50. The van der Waals surface area contributed by atoms with Gasteiger partial charge in [0.1, 0.15) is 24.0 Å². The minimum atomic E-state index is -0.644. The number of carbonyl (C=O) groups excluding carboxylic acids is 1. The summed E-state index contributed by atoms with van der Waals surface area (Å²) in [6.45, 7) is 2.48. The molecule has 3 aromatic carbocycles. The summed E-state index contributed by atoms with van der Waals surface area (Å²) >= 11 is 0. The fraction of sp³-hybridized carbons (Fsp3) is 0.148. The van der Waals surface area contributed by atoms with Gasteiger partial charge in [0.15, 0.2) is 0 Å². The van der Waals surface area contributed by atoms with E-state index in [1.54, 1.807) is 13.0 Å². The average Bonchev–Trinajstić information content (AvgIpc) is 3.38. The summed E-state index contributed by atoms with van der Waals surface area (Å²) in [6.07, 6.45) is -0.245. The minimum absolute atomic E-state index is 0.239. The standard InChI is InChI=1S/C27H23F2N3O3/c1-16-21(22-13-19(28)14-23(29)26(22)31-16)9-10-30-27(33)35-25-12-18-11-20(7-8-24(18)32-25)34-15-17-5-3-2-4-6-17/h2-8,11-14,31-32H,9-10,15H2,1H3,(H,30,33). The fourth-order valence-corrected chi connectivity index (χ4v) is 4.12. The van der Waals surface area contributed by atoms with Crippen molar-refractivity contribution in [2.45, 2.75) is 20.0 Å². The number of benzene rings is 3. The molecule has 2 heterocycles. The summed E-state index contributed by atoms with van der Waals surface area (Å²) in [5, 5.41) is 3.99. The Labute approximate surface area is 199 Å². The molecule has 5 aromatic rings. The average molecular weight is 475 g/mol. The van der Waals surface area contributed by atoms with Gasteiger partial charge in [0.25, 0.3) is 0 Å². The van der Waals surface area contributed by atoms with Gasteiger partial charge in [0.2, 0.25) is 5.88 Å². The first-order chi connectivity index (χ1) is 17.0. The molecular formula is C27H23F2N3O3. The molecule has 1 amide bonds. The van der Waals surface area contributed by atoms with E-state index in [-0.39, 0.29) is 12.1 Å². The van der Waals surface area contributed by atoms with Crippen molar-refractivity contribution in [3.8, 4) is 11.6 Å². The maximum Gasteiger partial charge on any atom is 0.413 e. The molecule has 0 aliphatic rings. The van der Waals surface area contributed by atoms with E-state index in [9.17, 15) is 13.6 Å². The number of H-pyrrole nitrogens is 2. The quantitative estimate of drug-likeness (QED) is 0.264. The van der Waals surface area contributed by atoms with Crippen LogP contribution in [-0.4, -0.2) is 22.6 Å². The lowest BCUT2D eigenvalue weighted by molar-refractivity contribution is 0.199. The van der Waals surface area contributed by atoms with Crippen LogP contribution >= 0.6 is 0 Å². The van der Waals surface area contributed by atoms with Crippen molar-refractivity contribution in [2.75, 3.05) is 6.54 Å². The van der Waals surface area contributed by atoms with Gasteiger partial charge in [-0.15, -0.1) is 0 Å². The maximum absolute atomic E-state index is 14.0. The number of hydrogen-bond donors (Lipinski definition) is 3. The predicted molar refractivity (Wildman–Crippen MR) is 130 cm³/mol. The summed E-state index contributed by atoms with van der Waals surface area (Å²) in [6, 6.07) is 19.3. The molecule has 0 unspecified atom stereocenters. The number of halogens is 2. The van der Waals surface area contributed by atoms with E-state index in [0.29, 0.717) is 30.0 Å². The number of aromatic amines is 2. The number of nitrogens with one attached hydrogen (secondary N) is 3. The third-order valence-corrected chi connectivity index (χ3v) is 5.81. The molecule has 0 aliphatic heterocycles. The molecule has 0 aliphatic carbocycles. The summed E-state index contributed by atoms with van der Waals surface area (Å²) in [7, 11) is 0. The van der Waals surface area contributed by atoms with Crippen LogP contribution in [0.3, 0.4) is 0 Å². The molecule has 2 aromatic heterocycles. The molecule has 0 spiro atoms. The Balaban J connectivity index is 1.18. The molecule has 0 fully saturated rings. The Kier molecular flexibility index (Phi) is 6.10. The van der Waals surface area contributed by atoms with Crippen LogP contribution in [0.2, 0.25) is 0 Å². The number of carbonyl (C=O) groups is 1. The van der Waals surface area contributed by atoms with Crippen LogP contribution in [0, 0.1) is 18.6 Å². The largest absolute Gasteiger partial charge is 0.489 e. The molecule has 3 N–H and O–H groups in total. The molecule has 8 heteroatoms. The third-order valence-electron chi connectivity index (χ3n) is 5.81. The summed E-state index contributed by atoms with van der Waals surface area (Å²) < 4.78 is 38.9. The monoisotopic (exact) mass is 475 g/mol. The van der Waals surface area contributed by atoms with Crippen LogP contribution in [0.4, 0.5) is 13.6 Å². The molecule has 0 radical (unpaired) electrons. The van der Waals surface area contributed by atoms with Gasteiger partial charge in [-0.2, -0.15) is 0 Å². The lowest BCUT2D eigenvalue weighted by Crippen LogP contribution is -2.28. The van der Waals surface area contributed by atoms with Crippen LogP contribution in [0.15, 0.2) is 66.7 Å². The number of ether oxygens (including phenoxy) is 2. The summed E-state index contributed by atoms with van der Waals surface area (Å²) in [4.78, 5) is 18.3. The number of aryl methyl sites for hydroxylation is 1. The predicted octanol–water partition coefficient (Wildman–Crippen LogP) is 6.15. The topological polar surface area (TPSA) is 79.1 Å². The highest BCUT2D eigenvalue weighted by atomic mass is 19.1. The van der Waals surface area contributed by atoms with E-state index in [2.05, 4.69) is 15.3 Å². The molecule has 0 atom stereocenters. The Morgan fingerprint density at radius 3 is 2.66 bits per heavy atom.